The normalized spacial score (nSPS) is 22.3. The molecule has 12 fully saturated rings. The van der Waals surface area contributed by atoms with Crippen LogP contribution in [0.1, 0.15) is 132 Å². The molecule has 149 heavy (non-hydrogen) atoms. The topological polar surface area (TPSA) is 36.0 Å². The number of nitrogens with zero attached hydrogens (tertiary/aromatic N) is 3. The fourth-order valence-electron chi connectivity index (χ4n) is 31.0. The van der Waals surface area contributed by atoms with Crippen molar-refractivity contribution >= 4 is 95.1 Å². The molecule has 2 heterocycles. The van der Waals surface area contributed by atoms with Gasteiger partial charge in [0.1, 0.15) is 22.3 Å². The summed E-state index contributed by atoms with van der Waals surface area (Å²) in [6, 6.07) is 174. The zero-order valence-electron chi connectivity index (χ0n) is 84.6. The Morgan fingerprint density at radius 2 is 0.349 bits per heavy atom. The number of para-hydroxylation sites is 2. The number of furan rings is 2. The summed E-state index contributed by atoms with van der Waals surface area (Å²) in [4.78, 5) is 7.29. The Balaban J connectivity index is 0.000000108. The Morgan fingerprint density at radius 3 is 0.671 bits per heavy atom. The van der Waals surface area contributed by atoms with Crippen molar-refractivity contribution in [1.82, 2.24) is 0 Å². The van der Waals surface area contributed by atoms with Crippen molar-refractivity contribution in [3.05, 3.63) is 490 Å². The average Bonchev–Trinajstić information content (AvgIpc) is 1.41. The van der Waals surface area contributed by atoms with Gasteiger partial charge in [-0.3, -0.25) is 0 Å². The van der Waals surface area contributed by atoms with Crippen molar-refractivity contribution in [2.24, 2.45) is 53.3 Å². The van der Waals surface area contributed by atoms with E-state index in [0.717, 1.165) is 131 Å². The summed E-state index contributed by atoms with van der Waals surface area (Å²) in [5.74, 6) is 8.02. The lowest BCUT2D eigenvalue weighted by molar-refractivity contribution is -0.00504. The molecule has 12 saturated carbocycles. The summed E-state index contributed by atoms with van der Waals surface area (Å²) in [6.07, 6.45) is 25.2. The van der Waals surface area contributed by atoms with Gasteiger partial charge in [0.15, 0.2) is 0 Å². The molecule has 12 aliphatic carbocycles. The van der Waals surface area contributed by atoms with Crippen LogP contribution in [-0.4, -0.2) is 0 Å². The molecule has 19 aromatic carbocycles. The van der Waals surface area contributed by atoms with Crippen LogP contribution in [0.5, 0.6) is 0 Å². The zero-order chi connectivity index (χ0) is 98.5. The van der Waals surface area contributed by atoms with E-state index in [2.05, 4.69) is 482 Å². The quantitative estimate of drug-likeness (QED) is 0.0760. The predicted octanol–water partition coefficient (Wildman–Crippen LogP) is 40.0. The molecule has 5 heteroatoms. The summed E-state index contributed by atoms with van der Waals surface area (Å²) in [5.41, 5.74) is 40.2. The molecule has 0 unspecified atom stereocenters. The maximum Gasteiger partial charge on any atom is 0.137 e. The number of fused-ring (bicyclic) bond motifs is 6. The monoisotopic (exact) mass is 1930 g/mol. The second-order valence-corrected chi connectivity index (χ2v) is 45.6. The Hall–Kier alpha value is -15.8. The van der Waals surface area contributed by atoms with Crippen LogP contribution in [0.25, 0.3) is 133 Å². The molecule has 0 atom stereocenters. The summed E-state index contributed by atoms with van der Waals surface area (Å²) in [7, 11) is 0. The molecule has 5 nitrogen and oxygen atoms in total. The highest BCUT2D eigenvalue weighted by Gasteiger charge is 2.56. The summed E-state index contributed by atoms with van der Waals surface area (Å²) in [5, 5.41) is 4.62. The molecule has 726 valence electrons. The van der Waals surface area contributed by atoms with Gasteiger partial charge in [-0.1, -0.05) is 340 Å². The van der Waals surface area contributed by atoms with Gasteiger partial charge in [0.2, 0.25) is 0 Å². The Morgan fingerprint density at radius 1 is 0.148 bits per heavy atom. The maximum atomic E-state index is 6.49. The van der Waals surface area contributed by atoms with Crippen LogP contribution in [0, 0.1) is 53.3 Å². The Kier molecular flexibility index (Phi) is 23.2. The first-order chi connectivity index (χ1) is 73.6. The van der Waals surface area contributed by atoms with Crippen LogP contribution in [-0.2, 0) is 16.2 Å². The number of benzene rings is 19. The fraction of sp³-hybridized carbons (Fsp3) is 0.208. The van der Waals surface area contributed by atoms with E-state index in [1.807, 2.05) is 6.07 Å². The first-order valence-electron chi connectivity index (χ1n) is 55.1. The van der Waals surface area contributed by atoms with E-state index in [1.54, 1.807) is 16.7 Å². The SMILES string of the molecule is c1ccc(-c2ccc(N(c3ccc(-c4ccccc4)c(C45CC6CC(CC(C6)C4)C5)c3)c3ccc4c(c3)oc3ccccc34)cc2)cc1.c1ccc(-c2ccc(N(c3ccc(-c4ccccc4)cc3)c3ccc(-c4ccccc4C45CC6CC(CC(C6)C4)C5)cc3)cc2)cc1.c1ccc(-c2ccccc2-c2ccc(N(c3ccc(-c4ccccc4)c(C45CC6CC(CC(C6)C4)C5)c3)c3ccc4c(c3)oc3ccccc34)cc2)cc1. The van der Waals surface area contributed by atoms with Crippen LogP contribution in [0.15, 0.2) is 482 Å². The molecule has 0 radical (unpaired) electrons. The van der Waals surface area contributed by atoms with Crippen molar-refractivity contribution in [1.29, 1.82) is 0 Å². The molecular weight excluding hydrogens is 1800 g/mol. The van der Waals surface area contributed by atoms with Crippen molar-refractivity contribution in [2.45, 2.75) is 132 Å². The first-order valence-corrected chi connectivity index (χ1v) is 55.1. The largest absolute Gasteiger partial charge is 0.456 e. The van der Waals surface area contributed by atoms with E-state index in [9.17, 15) is 0 Å². The second kappa shape index (κ2) is 38.1. The molecule has 33 rings (SSSR count). The predicted molar refractivity (Wildman–Crippen MR) is 621 cm³/mol. The highest BCUT2D eigenvalue weighted by molar-refractivity contribution is 6.08. The zero-order valence-corrected chi connectivity index (χ0v) is 84.6. The number of hydrogen-bond donors (Lipinski definition) is 0. The van der Waals surface area contributed by atoms with E-state index < -0.39 is 0 Å². The molecule has 0 saturated heterocycles. The van der Waals surface area contributed by atoms with Gasteiger partial charge in [-0.2, -0.15) is 0 Å². The minimum atomic E-state index is 0.231. The van der Waals surface area contributed by atoms with Crippen molar-refractivity contribution in [3.8, 4) is 89.0 Å². The van der Waals surface area contributed by atoms with Gasteiger partial charge in [-0.15, -0.1) is 0 Å². The number of rotatable bonds is 20. The van der Waals surface area contributed by atoms with Gasteiger partial charge in [-0.05, 0) is 412 Å². The van der Waals surface area contributed by atoms with Crippen LogP contribution in [0.2, 0.25) is 0 Å². The van der Waals surface area contributed by atoms with E-state index in [-0.39, 0.29) is 10.8 Å². The lowest BCUT2D eigenvalue weighted by Gasteiger charge is -2.57. The number of anilines is 9. The molecular formula is C144H123N3O2. The van der Waals surface area contributed by atoms with Crippen LogP contribution >= 0.6 is 0 Å². The van der Waals surface area contributed by atoms with Gasteiger partial charge < -0.3 is 23.5 Å². The number of hydrogen-bond acceptors (Lipinski definition) is 5. The molecule has 0 aliphatic heterocycles. The minimum absolute atomic E-state index is 0.231. The van der Waals surface area contributed by atoms with E-state index >= 15 is 0 Å². The van der Waals surface area contributed by atoms with Gasteiger partial charge in [0.05, 0.1) is 0 Å². The average molecular weight is 1930 g/mol. The highest BCUT2D eigenvalue weighted by atomic mass is 16.3. The molecule has 21 aromatic rings. The standard InChI is InChI=1S/C52H43NO.C46H39NO.C46H41N/c1-3-11-38(12-4-1)44-15-7-8-16-45(44)40-19-21-41(22-20-40)53(43-24-26-48-47-17-9-10-18-50(47)54-51(48)31-43)42-23-25-46(39-13-5-2-6-14-39)49(30-42)52-32-35-27-36(33-52)29-37(28-35)34-52;1-3-9-34(10-4-1)35-15-17-37(18-16-35)47(39-20-22-42-41-13-7-8-14-44(41)48-45(42)27-39)38-19-21-40(36-11-5-2-6-12-36)43(26-38)46-28-31-23-32(29-46)25-33(24-31)30-46;1-3-9-36(10-4-1)38-15-21-41(22-16-38)47(42-23-17-39(18-24-42)37-11-5-2-6-12-37)43-25-19-40(20-26-43)44-13-7-8-14-45(44)46-30-33-27-34(31-46)29-35(28-33)32-46/h1-26,30-31,35-37H,27-29,32-34H2;1-22,26-27,31-33H,23-25,28-30H2;1-26,33-35H,27-32H2. The molecule has 0 amide bonds. The maximum absolute atomic E-state index is 6.49. The third kappa shape index (κ3) is 17.2. The molecule has 2 aromatic heterocycles. The fourth-order valence-corrected chi connectivity index (χ4v) is 31.0. The summed E-state index contributed by atoms with van der Waals surface area (Å²) >= 11 is 0. The van der Waals surface area contributed by atoms with Gasteiger partial charge in [-0.25, -0.2) is 0 Å². The Bertz CT molecular complexity index is 8260. The van der Waals surface area contributed by atoms with Gasteiger partial charge in [0.25, 0.3) is 0 Å². The summed E-state index contributed by atoms with van der Waals surface area (Å²) < 4.78 is 12.9. The third-order valence-corrected chi connectivity index (χ3v) is 36.3. The highest BCUT2D eigenvalue weighted by Crippen LogP contribution is 2.66. The van der Waals surface area contributed by atoms with E-state index in [0.29, 0.717) is 5.41 Å². The molecule has 0 N–H and O–H groups in total. The van der Waals surface area contributed by atoms with Crippen LogP contribution in [0.3, 0.4) is 0 Å². The van der Waals surface area contributed by atoms with Gasteiger partial charge >= 0.3 is 0 Å². The van der Waals surface area contributed by atoms with E-state index in [1.165, 1.54) is 222 Å². The van der Waals surface area contributed by atoms with Crippen molar-refractivity contribution in [3.63, 3.8) is 0 Å². The van der Waals surface area contributed by atoms with Crippen molar-refractivity contribution < 1.29 is 8.83 Å². The second-order valence-electron chi connectivity index (χ2n) is 45.6. The third-order valence-electron chi connectivity index (χ3n) is 36.3. The first kappa shape index (κ1) is 90.7. The molecule has 0 spiro atoms. The van der Waals surface area contributed by atoms with Gasteiger partial charge in [0, 0.05) is 84.9 Å². The lowest BCUT2D eigenvalue weighted by Crippen LogP contribution is -2.48. The smallest absolute Gasteiger partial charge is 0.137 e. The van der Waals surface area contributed by atoms with E-state index in [4.69, 9.17) is 8.83 Å². The molecule has 12 aliphatic rings. The summed E-state index contributed by atoms with van der Waals surface area (Å²) in [6.45, 7) is 0. The lowest BCUT2D eigenvalue weighted by atomic mass is 9.47. The van der Waals surface area contributed by atoms with Crippen LogP contribution < -0.4 is 14.7 Å². The van der Waals surface area contributed by atoms with Crippen molar-refractivity contribution in [2.75, 3.05) is 14.7 Å². The Labute approximate surface area is 876 Å². The van der Waals surface area contributed by atoms with Crippen LogP contribution in [0.4, 0.5) is 51.2 Å². The molecule has 12 bridgehead atoms. The minimum Gasteiger partial charge on any atom is -0.456 e.